The number of hydrogen-bond acceptors (Lipinski definition) is 4. The third kappa shape index (κ3) is 4.61. The normalized spacial score (nSPS) is 19.2. The van der Waals surface area contributed by atoms with Gasteiger partial charge in [0.2, 0.25) is 0 Å². The van der Waals surface area contributed by atoms with Gasteiger partial charge in [0, 0.05) is 37.2 Å². The second-order valence-corrected chi connectivity index (χ2v) is 7.09. The molecular formula is C20H28N2O3. The van der Waals surface area contributed by atoms with Crippen LogP contribution in [0.4, 0.5) is 0 Å². The number of methoxy groups -OCH3 is 1. The van der Waals surface area contributed by atoms with Gasteiger partial charge in [0.05, 0.1) is 20.3 Å². The molecule has 0 radical (unpaired) electrons. The van der Waals surface area contributed by atoms with Crippen molar-refractivity contribution < 1.29 is 14.3 Å². The standard InChI is InChI=1S/C20H28N2O3/c1-3-4-16-13-17(5-6-18(16)24-2)19(23)21-14-20(7-8-20)15-22-9-11-25-12-10-22/h3,5-6,13H,1,4,7-12,14-15H2,2H3,(H,21,23). The molecule has 136 valence electrons. The molecule has 1 N–H and O–H groups in total. The van der Waals surface area contributed by atoms with Crippen LogP contribution < -0.4 is 10.1 Å². The van der Waals surface area contributed by atoms with Gasteiger partial charge in [-0.25, -0.2) is 0 Å². The number of benzene rings is 1. The molecule has 1 aromatic rings. The van der Waals surface area contributed by atoms with Gasteiger partial charge in [0.1, 0.15) is 5.75 Å². The SMILES string of the molecule is C=CCc1cc(C(=O)NCC2(CN3CCOCC3)CC2)ccc1OC. The Morgan fingerprint density at radius 1 is 1.40 bits per heavy atom. The number of ether oxygens (including phenoxy) is 2. The minimum absolute atomic E-state index is 0.0128. The molecule has 1 aliphatic carbocycles. The largest absolute Gasteiger partial charge is 0.496 e. The number of hydrogen-bond donors (Lipinski definition) is 1. The first-order valence-electron chi connectivity index (χ1n) is 9.02. The van der Waals surface area contributed by atoms with Crippen LogP contribution in [-0.4, -0.2) is 57.3 Å². The van der Waals surface area contributed by atoms with E-state index in [-0.39, 0.29) is 11.3 Å². The summed E-state index contributed by atoms with van der Waals surface area (Å²) < 4.78 is 10.8. The molecular weight excluding hydrogens is 316 g/mol. The van der Waals surface area contributed by atoms with Crippen LogP contribution in [0.1, 0.15) is 28.8 Å². The molecule has 2 aliphatic rings. The average Bonchev–Trinajstić information content (AvgIpc) is 3.40. The Morgan fingerprint density at radius 3 is 2.80 bits per heavy atom. The Kier molecular flexibility index (Phi) is 5.76. The van der Waals surface area contributed by atoms with Crippen LogP contribution in [0, 0.1) is 5.41 Å². The lowest BCUT2D eigenvalue weighted by Gasteiger charge is -2.30. The van der Waals surface area contributed by atoms with E-state index < -0.39 is 0 Å². The van der Waals surface area contributed by atoms with Crippen molar-refractivity contribution in [1.29, 1.82) is 0 Å². The summed E-state index contributed by atoms with van der Waals surface area (Å²) in [4.78, 5) is 15.0. The van der Waals surface area contributed by atoms with Gasteiger partial charge in [-0.05, 0) is 43.0 Å². The summed E-state index contributed by atoms with van der Waals surface area (Å²) in [6.07, 6.45) is 4.89. The van der Waals surface area contributed by atoms with Gasteiger partial charge in [0.15, 0.2) is 0 Å². The second kappa shape index (κ2) is 8.02. The number of carbonyl (C=O) groups is 1. The summed E-state index contributed by atoms with van der Waals surface area (Å²) in [5.74, 6) is 0.781. The first kappa shape index (κ1) is 18.0. The minimum Gasteiger partial charge on any atom is -0.496 e. The van der Waals surface area contributed by atoms with E-state index in [4.69, 9.17) is 9.47 Å². The molecule has 25 heavy (non-hydrogen) atoms. The zero-order valence-corrected chi connectivity index (χ0v) is 15.1. The lowest BCUT2D eigenvalue weighted by Crippen LogP contribution is -2.43. The van der Waals surface area contributed by atoms with Crippen molar-refractivity contribution in [2.45, 2.75) is 19.3 Å². The lowest BCUT2D eigenvalue weighted by molar-refractivity contribution is 0.0283. The molecule has 0 bridgehead atoms. The fourth-order valence-corrected chi connectivity index (χ4v) is 3.41. The summed E-state index contributed by atoms with van der Waals surface area (Å²) in [5, 5.41) is 3.13. The smallest absolute Gasteiger partial charge is 0.251 e. The molecule has 0 unspecified atom stereocenters. The van der Waals surface area contributed by atoms with Crippen LogP contribution in [0.15, 0.2) is 30.9 Å². The highest BCUT2D eigenvalue weighted by molar-refractivity contribution is 5.94. The number of allylic oxidation sites excluding steroid dienone is 1. The Morgan fingerprint density at radius 2 is 2.16 bits per heavy atom. The highest BCUT2D eigenvalue weighted by Crippen LogP contribution is 2.45. The van der Waals surface area contributed by atoms with Crippen LogP contribution in [0.2, 0.25) is 0 Å². The Bertz CT molecular complexity index is 619. The van der Waals surface area contributed by atoms with Crippen LogP contribution in [-0.2, 0) is 11.2 Å². The Balaban J connectivity index is 1.57. The van der Waals surface area contributed by atoms with E-state index >= 15 is 0 Å². The molecule has 1 aromatic carbocycles. The predicted octanol–water partition coefficient (Wildman–Crippen LogP) is 2.27. The molecule has 3 rings (SSSR count). The summed E-state index contributed by atoms with van der Waals surface area (Å²) in [6.45, 7) is 9.20. The first-order valence-corrected chi connectivity index (χ1v) is 9.02. The van der Waals surface area contributed by atoms with Crippen LogP contribution >= 0.6 is 0 Å². The number of nitrogens with one attached hydrogen (secondary N) is 1. The van der Waals surface area contributed by atoms with E-state index in [1.165, 1.54) is 12.8 Å². The zero-order chi connectivity index (χ0) is 17.7. The molecule has 5 heteroatoms. The number of amides is 1. The first-order chi connectivity index (χ1) is 12.2. The predicted molar refractivity (Wildman–Crippen MR) is 98.2 cm³/mol. The molecule has 1 saturated carbocycles. The molecule has 1 heterocycles. The third-order valence-electron chi connectivity index (χ3n) is 5.15. The Labute approximate surface area is 150 Å². The van der Waals surface area contributed by atoms with Crippen LogP contribution in [0.25, 0.3) is 0 Å². The Hall–Kier alpha value is -1.85. The van der Waals surface area contributed by atoms with Crippen molar-refractivity contribution in [1.82, 2.24) is 10.2 Å². The van der Waals surface area contributed by atoms with Gasteiger partial charge in [0.25, 0.3) is 5.91 Å². The minimum atomic E-state index is -0.0128. The van der Waals surface area contributed by atoms with E-state index in [1.54, 1.807) is 7.11 Å². The third-order valence-corrected chi connectivity index (χ3v) is 5.15. The fraction of sp³-hybridized carbons (Fsp3) is 0.550. The maximum absolute atomic E-state index is 12.6. The quantitative estimate of drug-likeness (QED) is 0.735. The second-order valence-electron chi connectivity index (χ2n) is 7.09. The summed E-state index contributed by atoms with van der Waals surface area (Å²) in [7, 11) is 1.64. The van der Waals surface area contributed by atoms with Gasteiger partial charge >= 0.3 is 0 Å². The summed E-state index contributed by atoms with van der Waals surface area (Å²) >= 11 is 0. The monoisotopic (exact) mass is 344 g/mol. The van der Waals surface area contributed by atoms with E-state index in [0.29, 0.717) is 12.0 Å². The van der Waals surface area contributed by atoms with Gasteiger partial charge < -0.3 is 14.8 Å². The molecule has 2 fully saturated rings. The zero-order valence-electron chi connectivity index (χ0n) is 15.1. The fourth-order valence-electron chi connectivity index (χ4n) is 3.41. The maximum atomic E-state index is 12.6. The average molecular weight is 344 g/mol. The number of nitrogens with zero attached hydrogens (tertiary/aromatic N) is 1. The molecule has 5 nitrogen and oxygen atoms in total. The van der Waals surface area contributed by atoms with E-state index in [1.807, 2.05) is 24.3 Å². The van der Waals surface area contributed by atoms with Crippen LogP contribution in [0.3, 0.4) is 0 Å². The molecule has 1 saturated heterocycles. The number of rotatable bonds is 8. The number of carbonyl (C=O) groups excluding carboxylic acids is 1. The molecule has 0 atom stereocenters. The van der Waals surface area contributed by atoms with Gasteiger partial charge in [-0.3, -0.25) is 9.69 Å². The van der Waals surface area contributed by atoms with E-state index in [0.717, 1.165) is 50.7 Å². The molecule has 1 aliphatic heterocycles. The van der Waals surface area contributed by atoms with Gasteiger partial charge in [-0.1, -0.05) is 6.08 Å². The van der Waals surface area contributed by atoms with Crippen molar-refractivity contribution in [3.8, 4) is 5.75 Å². The lowest BCUT2D eigenvalue weighted by atomic mass is 10.0. The van der Waals surface area contributed by atoms with E-state index in [2.05, 4.69) is 16.8 Å². The molecule has 0 aromatic heterocycles. The molecule has 1 amide bonds. The van der Waals surface area contributed by atoms with Crippen LogP contribution in [0.5, 0.6) is 5.75 Å². The van der Waals surface area contributed by atoms with Gasteiger partial charge in [-0.2, -0.15) is 0 Å². The molecule has 0 spiro atoms. The van der Waals surface area contributed by atoms with Gasteiger partial charge in [-0.15, -0.1) is 6.58 Å². The maximum Gasteiger partial charge on any atom is 0.251 e. The number of morpholine rings is 1. The highest BCUT2D eigenvalue weighted by atomic mass is 16.5. The van der Waals surface area contributed by atoms with E-state index in [9.17, 15) is 4.79 Å². The van der Waals surface area contributed by atoms with Crippen molar-refractivity contribution in [2.75, 3.05) is 46.5 Å². The van der Waals surface area contributed by atoms with Crippen molar-refractivity contribution in [2.24, 2.45) is 5.41 Å². The van der Waals surface area contributed by atoms with Crippen molar-refractivity contribution >= 4 is 5.91 Å². The summed E-state index contributed by atoms with van der Waals surface area (Å²) in [6, 6.07) is 5.58. The highest BCUT2D eigenvalue weighted by Gasteiger charge is 2.44. The topological polar surface area (TPSA) is 50.8 Å². The summed E-state index contributed by atoms with van der Waals surface area (Å²) in [5.41, 5.74) is 1.92. The van der Waals surface area contributed by atoms with Crippen molar-refractivity contribution in [3.05, 3.63) is 42.0 Å². The van der Waals surface area contributed by atoms with Crippen molar-refractivity contribution in [3.63, 3.8) is 0 Å².